The number of nitrogens with one attached hydrogen (secondary N) is 2. The Bertz CT molecular complexity index is 758. The summed E-state index contributed by atoms with van der Waals surface area (Å²) in [4.78, 5) is 27.0. The molecule has 4 rings (SSSR count). The molecule has 2 N–H and O–H groups in total. The normalized spacial score (nSPS) is 17.4. The second-order valence-electron chi connectivity index (χ2n) is 7.75. The minimum atomic E-state index is -0.161. The molecule has 146 valence electrons. The standard InChI is InChI=1S/C23H27N3O2/c27-22(19-13-15-26(16-14-19)23(28)24-20-11-12-20)25-21(17-7-3-1-4-8-17)18-9-5-2-6-10-18/h1-10,19-21H,11-16H2,(H,24,28)(H,25,27). The Morgan fingerprint density at radius 3 is 1.86 bits per heavy atom. The number of hydrogen-bond acceptors (Lipinski definition) is 2. The van der Waals surface area contributed by atoms with E-state index in [1.165, 1.54) is 0 Å². The molecule has 5 heteroatoms. The van der Waals surface area contributed by atoms with Gasteiger partial charge in [0.1, 0.15) is 0 Å². The van der Waals surface area contributed by atoms with E-state index >= 15 is 0 Å². The van der Waals surface area contributed by atoms with Crippen LogP contribution in [0.15, 0.2) is 60.7 Å². The summed E-state index contributed by atoms with van der Waals surface area (Å²) in [7, 11) is 0. The van der Waals surface area contributed by atoms with E-state index in [0.717, 1.165) is 24.0 Å². The highest BCUT2D eigenvalue weighted by molar-refractivity contribution is 5.80. The van der Waals surface area contributed by atoms with E-state index in [0.29, 0.717) is 32.0 Å². The predicted octanol–water partition coefficient (Wildman–Crippen LogP) is 3.48. The van der Waals surface area contributed by atoms with Gasteiger partial charge in [0, 0.05) is 25.0 Å². The lowest BCUT2D eigenvalue weighted by atomic mass is 9.93. The number of hydrogen-bond donors (Lipinski definition) is 2. The fourth-order valence-corrected chi connectivity index (χ4v) is 3.75. The second kappa shape index (κ2) is 8.46. The van der Waals surface area contributed by atoms with Crippen LogP contribution in [0.5, 0.6) is 0 Å². The van der Waals surface area contributed by atoms with Crippen LogP contribution in [-0.2, 0) is 4.79 Å². The number of nitrogens with zero attached hydrogens (tertiary/aromatic N) is 1. The lowest BCUT2D eigenvalue weighted by Gasteiger charge is -2.32. The number of amides is 3. The monoisotopic (exact) mass is 377 g/mol. The summed E-state index contributed by atoms with van der Waals surface area (Å²) < 4.78 is 0. The third kappa shape index (κ3) is 4.53. The van der Waals surface area contributed by atoms with Crippen molar-refractivity contribution in [3.8, 4) is 0 Å². The molecule has 1 saturated heterocycles. The zero-order valence-electron chi connectivity index (χ0n) is 16.0. The Labute approximate surface area is 166 Å². The van der Waals surface area contributed by atoms with Crippen LogP contribution < -0.4 is 10.6 Å². The quantitative estimate of drug-likeness (QED) is 0.838. The Balaban J connectivity index is 1.39. The first kappa shape index (κ1) is 18.5. The van der Waals surface area contributed by atoms with Gasteiger partial charge in [0.15, 0.2) is 0 Å². The van der Waals surface area contributed by atoms with Gasteiger partial charge in [-0.05, 0) is 36.8 Å². The van der Waals surface area contributed by atoms with Crippen LogP contribution in [-0.4, -0.2) is 36.0 Å². The van der Waals surface area contributed by atoms with Gasteiger partial charge in [-0.1, -0.05) is 60.7 Å². The lowest BCUT2D eigenvalue weighted by molar-refractivity contribution is -0.126. The van der Waals surface area contributed by atoms with Crippen LogP contribution in [0.25, 0.3) is 0 Å². The summed E-state index contributed by atoms with van der Waals surface area (Å²) in [6, 6.07) is 20.3. The van der Waals surface area contributed by atoms with E-state index in [2.05, 4.69) is 10.6 Å². The van der Waals surface area contributed by atoms with Crippen molar-refractivity contribution in [2.45, 2.75) is 37.8 Å². The Morgan fingerprint density at radius 1 is 0.821 bits per heavy atom. The van der Waals surface area contributed by atoms with Crippen molar-refractivity contribution in [3.63, 3.8) is 0 Å². The van der Waals surface area contributed by atoms with Crippen LogP contribution in [0.2, 0.25) is 0 Å². The maximum Gasteiger partial charge on any atom is 0.317 e. The minimum absolute atomic E-state index is 0.0211. The molecule has 1 aliphatic carbocycles. The van der Waals surface area contributed by atoms with Gasteiger partial charge >= 0.3 is 6.03 Å². The molecule has 28 heavy (non-hydrogen) atoms. The van der Waals surface area contributed by atoms with Crippen molar-refractivity contribution in [1.29, 1.82) is 0 Å². The molecule has 0 spiro atoms. The zero-order valence-corrected chi connectivity index (χ0v) is 16.0. The van der Waals surface area contributed by atoms with E-state index in [-0.39, 0.29) is 23.9 Å². The van der Waals surface area contributed by atoms with E-state index < -0.39 is 0 Å². The van der Waals surface area contributed by atoms with Gasteiger partial charge in [0.25, 0.3) is 0 Å². The molecule has 3 amide bonds. The topological polar surface area (TPSA) is 61.4 Å². The predicted molar refractivity (Wildman–Crippen MR) is 109 cm³/mol. The molecule has 2 aliphatic rings. The third-order valence-corrected chi connectivity index (χ3v) is 5.61. The molecule has 2 fully saturated rings. The van der Waals surface area contributed by atoms with Gasteiger partial charge in [-0.2, -0.15) is 0 Å². The molecule has 0 unspecified atom stereocenters. The Kier molecular flexibility index (Phi) is 5.60. The summed E-state index contributed by atoms with van der Waals surface area (Å²) in [6.07, 6.45) is 3.59. The fraction of sp³-hybridized carbons (Fsp3) is 0.391. The maximum absolute atomic E-state index is 13.0. The van der Waals surface area contributed by atoms with E-state index in [9.17, 15) is 9.59 Å². The van der Waals surface area contributed by atoms with Crippen molar-refractivity contribution < 1.29 is 9.59 Å². The number of carbonyl (C=O) groups excluding carboxylic acids is 2. The summed E-state index contributed by atoms with van der Waals surface area (Å²) in [6.45, 7) is 1.27. The molecule has 1 saturated carbocycles. The highest BCUT2D eigenvalue weighted by Gasteiger charge is 2.31. The first-order valence-electron chi connectivity index (χ1n) is 10.2. The van der Waals surface area contributed by atoms with Crippen molar-refractivity contribution >= 4 is 11.9 Å². The number of urea groups is 1. The van der Waals surface area contributed by atoms with Gasteiger partial charge in [0.2, 0.25) is 5.91 Å². The summed E-state index contributed by atoms with van der Waals surface area (Å²) in [5.41, 5.74) is 2.14. The number of rotatable bonds is 5. The fourth-order valence-electron chi connectivity index (χ4n) is 3.75. The van der Waals surface area contributed by atoms with Crippen molar-refractivity contribution in [2.75, 3.05) is 13.1 Å². The summed E-state index contributed by atoms with van der Waals surface area (Å²) in [5, 5.41) is 6.28. The Morgan fingerprint density at radius 2 is 1.36 bits per heavy atom. The largest absolute Gasteiger partial charge is 0.345 e. The average Bonchev–Trinajstić information content (AvgIpc) is 3.57. The van der Waals surface area contributed by atoms with Crippen molar-refractivity contribution in [2.24, 2.45) is 5.92 Å². The highest BCUT2D eigenvalue weighted by atomic mass is 16.2. The lowest BCUT2D eigenvalue weighted by Crippen LogP contribution is -2.47. The average molecular weight is 377 g/mol. The molecule has 1 aliphatic heterocycles. The SMILES string of the molecule is O=C(NC(c1ccccc1)c1ccccc1)C1CCN(C(=O)NC2CC2)CC1. The second-order valence-corrected chi connectivity index (χ2v) is 7.75. The van der Waals surface area contributed by atoms with Crippen LogP contribution in [0.3, 0.4) is 0 Å². The number of piperidine rings is 1. The number of benzene rings is 2. The molecular weight excluding hydrogens is 350 g/mol. The number of carbonyl (C=O) groups is 2. The molecule has 5 nitrogen and oxygen atoms in total. The van der Waals surface area contributed by atoms with Crippen molar-refractivity contribution in [1.82, 2.24) is 15.5 Å². The van der Waals surface area contributed by atoms with Crippen molar-refractivity contribution in [3.05, 3.63) is 71.8 Å². The molecule has 0 bridgehead atoms. The first-order chi connectivity index (χ1) is 13.7. The summed E-state index contributed by atoms with van der Waals surface area (Å²) in [5.74, 6) is 0.0138. The van der Waals surface area contributed by atoms with Crippen LogP contribution >= 0.6 is 0 Å². The first-order valence-corrected chi connectivity index (χ1v) is 10.2. The zero-order chi connectivity index (χ0) is 19.3. The minimum Gasteiger partial charge on any atom is -0.345 e. The molecule has 0 atom stereocenters. The maximum atomic E-state index is 13.0. The smallest absolute Gasteiger partial charge is 0.317 e. The molecule has 2 aromatic carbocycles. The molecule has 1 heterocycles. The van der Waals surface area contributed by atoms with Gasteiger partial charge in [-0.3, -0.25) is 4.79 Å². The molecule has 2 aromatic rings. The highest BCUT2D eigenvalue weighted by Crippen LogP contribution is 2.25. The van der Waals surface area contributed by atoms with Crippen LogP contribution in [0.1, 0.15) is 42.9 Å². The summed E-state index contributed by atoms with van der Waals surface area (Å²) >= 11 is 0. The van der Waals surface area contributed by atoms with Gasteiger partial charge in [0.05, 0.1) is 6.04 Å². The third-order valence-electron chi connectivity index (χ3n) is 5.61. The van der Waals surface area contributed by atoms with E-state index in [1.807, 2.05) is 65.6 Å². The van der Waals surface area contributed by atoms with Gasteiger partial charge < -0.3 is 15.5 Å². The van der Waals surface area contributed by atoms with E-state index in [1.54, 1.807) is 0 Å². The van der Waals surface area contributed by atoms with Crippen LogP contribution in [0.4, 0.5) is 4.79 Å². The van der Waals surface area contributed by atoms with Crippen LogP contribution in [0, 0.1) is 5.92 Å². The van der Waals surface area contributed by atoms with Gasteiger partial charge in [-0.15, -0.1) is 0 Å². The Hall–Kier alpha value is -2.82. The van der Waals surface area contributed by atoms with Gasteiger partial charge in [-0.25, -0.2) is 4.79 Å². The van der Waals surface area contributed by atoms with E-state index in [4.69, 9.17) is 0 Å². The number of likely N-dealkylation sites (tertiary alicyclic amines) is 1. The molecule has 0 radical (unpaired) electrons. The molecule has 0 aromatic heterocycles. The molecular formula is C23H27N3O2.